The first-order valence-electron chi connectivity index (χ1n) is 11.2. The van der Waals surface area contributed by atoms with E-state index >= 15 is 0 Å². The number of anilines is 1. The molecule has 1 saturated heterocycles. The Hall–Kier alpha value is -3.28. The summed E-state index contributed by atoms with van der Waals surface area (Å²) in [5, 5.41) is 0. The van der Waals surface area contributed by atoms with Gasteiger partial charge in [0, 0.05) is 44.8 Å². The van der Waals surface area contributed by atoms with Gasteiger partial charge < -0.3 is 9.80 Å². The van der Waals surface area contributed by atoms with Crippen LogP contribution in [-0.2, 0) is 11.2 Å². The van der Waals surface area contributed by atoms with Crippen LogP contribution in [0.2, 0.25) is 0 Å². The van der Waals surface area contributed by atoms with Crippen LogP contribution in [0.15, 0.2) is 48.9 Å². The van der Waals surface area contributed by atoms with Crippen LogP contribution in [0.1, 0.15) is 47.7 Å². The highest BCUT2D eigenvalue weighted by Crippen LogP contribution is 2.37. The Labute approximate surface area is 190 Å². The molecular weight excluding hydrogens is 398 g/mol. The van der Waals surface area contributed by atoms with Gasteiger partial charge in [-0.2, -0.15) is 0 Å². The Bertz CT molecular complexity index is 1090. The largest absolute Gasteiger partial charge is 0.347 e. The SMILES string of the molecule is Cc1ccc(CC(=O)N2CCCC[C@H]2c2nc(N(C)C)ncc2-c2ccncc2C)cc1. The Kier molecular flexibility index (Phi) is 6.49. The maximum atomic E-state index is 13.4. The number of pyridine rings is 1. The minimum Gasteiger partial charge on any atom is -0.347 e. The highest BCUT2D eigenvalue weighted by molar-refractivity contribution is 5.80. The van der Waals surface area contributed by atoms with E-state index in [9.17, 15) is 4.79 Å². The maximum Gasteiger partial charge on any atom is 0.227 e. The molecule has 0 saturated carbocycles. The van der Waals surface area contributed by atoms with Gasteiger partial charge in [-0.25, -0.2) is 9.97 Å². The molecule has 6 nitrogen and oxygen atoms in total. The molecule has 3 aromatic rings. The number of aryl methyl sites for hydroxylation is 2. The summed E-state index contributed by atoms with van der Waals surface area (Å²) in [5.41, 5.74) is 6.30. The standard InChI is InChI=1S/C26H31N5O/c1-18-8-10-20(11-9-18)15-24(32)31-14-6-5-7-23(31)25-22(17-28-26(29-25)30(3)4)21-12-13-27-16-19(21)2/h8-13,16-17,23H,5-7,14-15H2,1-4H3/t23-/m0/s1. The molecule has 1 aromatic carbocycles. The number of likely N-dealkylation sites (tertiary alicyclic amines) is 1. The predicted molar refractivity (Wildman–Crippen MR) is 128 cm³/mol. The molecule has 6 heteroatoms. The molecular formula is C26H31N5O. The topological polar surface area (TPSA) is 62.2 Å². The first kappa shape index (κ1) is 21.9. The maximum absolute atomic E-state index is 13.4. The zero-order valence-corrected chi connectivity index (χ0v) is 19.4. The lowest BCUT2D eigenvalue weighted by Gasteiger charge is -2.36. The van der Waals surface area contributed by atoms with Crippen LogP contribution in [0.4, 0.5) is 5.95 Å². The number of carbonyl (C=O) groups excluding carboxylic acids is 1. The zero-order valence-electron chi connectivity index (χ0n) is 19.4. The highest BCUT2D eigenvalue weighted by atomic mass is 16.2. The van der Waals surface area contributed by atoms with Gasteiger partial charge in [0.15, 0.2) is 0 Å². The second-order valence-electron chi connectivity index (χ2n) is 8.82. The number of amides is 1. The number of hydrogen-bond acceptors (Lipinski definition) is 5. The van der Waals surface area contributed by atoms with Crippen LogP contribution in [0.5, 0.6) is 0 Å². The number of nitrogens with zero attached hydrogens (tertiary/aromatic N) is 5. The van der Waals surface area contributed by atoms with E-state index < -0.39 is 0 Å². The molecule has 0 N–H and O–H groups in total. The van der Waals surface area contributed by atoms with E-state index in [1.54, 1.807) is 6.20 Å². The average molecular weight is 430 g/mol. The number of aromatic nitrogens is 3. The molecule has 0 unspecified atom stereocenters. The van der Waals surface area contributed by atoms with E-state index in [0.717, 1.165) is 53.8 Å². The molecule has 2 aromatic heterocycles. The summed E-state index contributed by atoms with van der Waals surface area (Å²) in [6.07, 6.45) is 8.97. The summed E-state index contributed by atoms with van der Waals surface area (Å²) in [6, 6.07) is 10.2. The normalized spacial score (nSPS) is 16.1. The fraction of sp³-hybridized carbons (Fsp3) is 0.385. The summed E-state index contributed by atoms with van der Waals surface area (Å²) in [4.78, 5) is 31.2. The smallest absolute Gasteiger partial charge is 0.227 e. The summed E-state index contributed by atoms with van der Waals surface area (Å²) in [6.45, 7) is 4.87. The zero-order chi connectivity index (χ0) is 22.7. The van der Waals surface area contributed by atoms with Crippen LogP contribution < -0.4 is 4.90 Å². The van der Waals surface area contributed by atoms with Crippen molar-refractivity contribution in [3.63, 3.8) is 0 Å². The number of carbonyl (C=O) groups is 1. The van der Waals surface area contributed by atoms with Crippen LogP contribution >= 0.6 is 0 Å². The van der Waals surface area contributed by atoms with Crippen molar-refractivity contribution in [1.29, 1.82) is 0 Å². The number of benzene rings is 1. The van der Waals surface area contributed by atoms with E-state index in [4.69, 9.17) is 4.98 Å². The van der Waals surface area contributed by atoms with Crippen molar-refractivity contribution in [3.05, 3.63) is 71.3 Å². The van der Waals surface area contributed by atoms with E-state index in [2.05, 4.69) is 29.0 Å². The summed E-state index contributed by atoms with van der Waals surface area (Å²) in [5.74, 6) is 0.813. The number of hydrogen-bond donors (Lipinski definition) is 0. The van der Waals surface area contributed by atoms with Crippen molar-refractivity contribution < 1.29 is 4.79 Å². The quantitative estimate of drug-likeness (QED) is 0.597. The van der Waals surface area contributed by atoms with Crippen LogP contribution in [0, 0.1) is 13.8 Å². The lowest BCUT2D eigenvalue weighted by Crippen LogP contribution is -2.40. The Morgan fingerprint density at radius 2 is 1.84 bits per heavy atom. The second-order valence-corrected chi connectivity index (χ2v) is 8.82. The number of rotatable bonds is 5. The van der Waals surface area contributed by atoms with Gasteiger partial charge in [-0.3, -0.25) is 9.78 Å². The van der Waals surface area contributed by atoms with Crippen molar-refractivity contribution in [2.75, 3.05) is 25.5 Å². The monoisotopic (exact) mass is 429 g/mol. The van der Waals surface area contributed by atoms with E-state index in [1.807, 2.05) is 61.4 Å². The summed E-state index contributed by atoms with van der Waals surface area (Å²) >= 11 is 0. The van der Waals surface area contributed by atoms with E-state index in [1.165, 1.54) is 5.56 Å². The predicted octanol–water partition coefficient (Wildman–Crippen LogP) is 4.52. The van der Waals surface area contributed by atoms with E-state index in [-0.39, 0.29) is 11.9 Å². The third kappa shape index (κ3) is 4.64. The summed E-state index contributed by atoms with van der Waals surface area (Å²) < 4.78 is 0. The van der Waals surface area contributed by atoms with Gasteiger partial charge in [-0.1, -0.05) is 29.8 Å². The molecule has 1 aliphatic rings. The van der Waals surface area contributed by atoms with Crippen LogP contribution in [0.3, 0.4) is 0 Å². The van der Waals surface area contributed by atoms with Gasteiger partial charge in [-0.15, -0.1) is 0 Å². The van der Waals surface area contributed by atoms with Crippen molar-refractivity contribution >= 4 is 11.9 Å². The van der Waals surface area contributed by atoms with Gasteiger partial charge in [0.2, 0.25) is 11.9 Å². The molecule has 166 valence electrons. The number of piperidine rings is 1. The fourth-order valence-electron chi connectivity index (χ4n) is 4.33. The minimum absolute atomic E-state index is 0.0639. The van der Waals surface area contributed by atoms with Gasteiger partial charge in [0.1, 0.15) is 0 Å². The highest BCUT2D eigenvalue weighted by Gasteiger charge is 2.31. The van der Waals surface area contributed by atoms with E-state index in [0.29, 0.717) is 12.4 Å². The molecule has 0 radical (unpaired) electrons. The van der Waals surface area contributed by atoms with Gasteiger partial charge in [-0.05, 0) is 55.9 Å². The van der Waals surface area contributed by atoms with Gasteiger partial charge >= 0.3 is 0 Å². The van der Waals surface area contributed by atoms with Crippen LogP contribution in [-0.4, -0.2) is 46.4 Å². The van der Waals surface area contributed by atoms with Crippen molar-refractivity contribution in [1.82, 2.24) is 19.9 Å². The van der Waals surface area contributed by atoms with Crippen molar-refractivity contribution in [2.24, 2.45) is 0 Å². The Morgan fingerprint density at radius 3 is 2.56 bits per heavy atom. The first-order chi connectivity index (χ1) is 15.4. The first-order valence-corrected chi connectivity index (χ1v) is 11.2. The molecule has 32 heavy (non-hydrogen) atoms. The molecule has 0 aliphatic carbocycles. The molecule has 0 spiro atoms. The van der Waals surface area contributed by atoms with Gasteiger partial charge in [0.25, 0.3) is 0 Å². The molecule has 0 bridgehead atoms. The molecule has 1 fully saturated rings. The van der Waals surface area contributed by atoms with Crippen LogP contribution in [0.25, 0.3) is 11.1 Å². The third-order valence-electron chi connectivity index (χ3n) is 6.13. The molecule has 1 atom stereocenters. The summed E-state index contributed by atoms with van der Waals surface area (Å²) in [7, 11) is 3.88. The Balaban J connectivity index is 1.73. The minimum atomic E-state index is -0.0639. The fourth-order valence-corrected chi connectivity index (χ4v) is 4.33. The molecule has 3 heterocycles. The van der Waals surface area contributed by atoms with Gasteiger partial charge in [0.05, 0.1) is 18.2 Å². The average Bonchev–Trinajstić information content (AvgIpc) is 2.80. The molecule has 4 rings (SSSR count). The molecule has 1 aliphatic heterocycles. The van der Waals surface area contributed by atoms with Crippen molar-refractivity contribution in [2.45, 2.75) is 45.6 Å². The Morgan fingerprint density at radius 1 is 1.06 bits per heavy atom. The molecule has 1 amide bonds. The second kappa shape index (κ2) is 9.47. The lowest BCUT2D eigenvalue weighted by molar-refractivity contribution is -0.134. The third-order valence-corrected chi connectivity index (χ3v) is 6.13. The van der Waals surface area contributed by atoms with Crippen molar-refractivity contribution in [3.8, 4) is 11.1 Å². The lowest BCUT2D eigenvalue weighted by atomic mass is 9.92.